The first-order valence-electron chi connectivity index (χ1n) is 5.10. The molecule has 16 heavy (non-hydrogen) atoms. The van der Waals surface area contributed by atoms with Crippen molar-refractivity contribution in [1.29, 1.82) is 0 Å². The van der Waals surface area contributed by atoms with Crippen LogP contribution in [0.15, 0.2) is 0 Å². The van der Waals surface area contributed by atoms with Crippen molar-refractivity contribution in [3.63, 3.8) is 0 Å². The lowest BCUT2D eigenvalue weighted by Gasteiger charge is -2.37. The van der Waals surface area contributed by atoms with E-state index in [0.29, 0.717) is 19.8 Å². The normalized spacial score (nSPS) is 19.1. The maximum atomic E-state index is 11.5. The monoisotopic (exact) mass is 251 g/mol. The zero-order chi connectivity index (χ0) is 12.2. The molecule has 0 unspecified atom stereocenters. The van der Waals surface area contributed by atoms with Gasteiger partial charge in [0.25, 0.3) is 0 Å². The first-order chi connectivity index (χ1) is 7.33. The molecular weight excluding hydrogens is 234 g/mol. The summed E-state index contributed by atoms with van der Waals surface area (Å²) in [6, 6.07) is 0. The predicted molar refractivity (Wildman–Crippen MR) is 57.6 cm³/mol. The lowest BCUT2D eigenvalue weighted by Crippen LogP contribution is -2.48. The number of sulfonamides is 1. The average molecular weight is 251 g/mol. The fourth-order valence-corrected chi connectivity index (χ4v) is 2.56. The third-order valence-electron chi connectivity index (χ3n) is 2.42. The molecule has 0 aromatic heterocycles. The quantitative estimate of drug-likeness (QED) is 0.654. The minimum absolute atomic E-state index is 0.111. The van der Waals surface area contributed by atoms with E-state index in [9.17, 15) is 13.2 Å². The van der Waals surface area contributed by atoms with Gasteiger partial charge in [0, 0.05) is 18.4 Å². The van der Waals surface area contributed by atoms with Gasteiger partial charge in [0.15, 0.2) is 0 Å². The van der Waals surface area contributed by atoms with Crippen LogP contribution in [-0.4, -0.2) is 45.0 Å². The third-order valence-corrected chi connectivity index (χ3v) is 3.83. The highest BCUT2D eigenvalue weighted by Gasteiger charge is 2.34. The molecule has 0 bridgehead atoms. The number of aliphatic carboxylic acids is 1. The van der Waals surface area contributed by atoms with Gasteiger partial charge in [-0.1, -0.05) is 6.92 Å². The van der Waals surface area contributed by atoms with Crippen LogP contribution in [0.1, 0.15) is 19.8 Å². The summed E-state index contributed by atoms with van der Waals surface area (Å²) in [7, 11) is -3.36. The van der Waals surface area contributed by atoms with Crippen LogP contribution >= 0.6 is 0 Å². The summed E-state index contributed by atoms with van der Waals surface area (Å²) in [5, 5.41) is 8.38. The lowest BCUT2D eigenvalue weighted by atomic mass is 9.89. The third kappa shape index (κ3) is 4.46. The van der Waals surface area contributed by atoms with Crippen molar-refractivity contribution < 1.29 is 23.1 Å². The second-order valence-corrected chi connectivity index (χ2v) is 6.37. The number of hydrogen-bond acceptors (Lipinski definition) is 4. The van der Waals surface area contributed by atoms with Crippen LogP contribution in [0.2, 0.25) is 0 Å². The van der Waals surface area contributed by atoms with Gasteiger partial charge in [-0.15, -0.1) is 0 Å². The Kier molecular flexibility index (Phi) is 4.28. The van der Waals surface area contributed by atoms with E-state index >= 15 is 0 Å². The van der Waals surface area contributed by atoms with Crippen molar-refractivity contribution in [2.75, 3.05) is 25.5 Å². The standard InChI is InChI=1S/C9H17NO5S/c1-9(6-15-7-9)5-10-16(13,14)4-2-3-8(11)12/h10H,2-7H2,1H3,(H,11,12). The Balaban J connectivity index is 2.25. The molecule has 0 spiro atoms. The molecule has 0 atom stereocenters. The molecule has 2 N–H and O–H groups in total. The van der Waals surface area contributed by atoms with E-state index in [4.69, 9.17) is 9.84 Å². The smallest absolute Gasteiger partial charge is 0.303 e. The second-order valence-electron chi connectivity index (χ2n) is 4.44. The second kappa shape index (κ2) is 5.11. The predicted octanol–water partition coefficient (Wildman–Crippen LogP) is -0.193. The highest BCUT2D eigenvalue weighted by Crippen LogP contribution is 2.25. The molecule has 0 aliphatic carbocycles. The Morgan fingerprint density at radius 3 is 2.56 bits per heavy atom. The topological polar surface area (TPSA) is 92.7 Å². The zero-order valence-corrected chi connectivity index (χ0v) is 10.0. The number of rotatable bonds is 7. The Bertz CT molecular complexity index is 347. The van der Waals surface area contributed by atoms with Crippen molar-refractivity contribution in [2.24, 2.45) is 5.41 Å². The molecule has 0 saturated carbocycles. The van der Waals surface area contributed by atoms with Crippen molar-refractivity contribution >= 4 is 16.0 Å². The molecule has 0 radical (unpaired) electrons. The van der Waals surface area contributed by atoms with Gasteiger partial charge in [-0.05, 0) is 6.42 Å². The molecule has 94 valence electrons. The van der Waals surface area contributed by atoms with Crippen molar-refractivity contribution in [3.05, 3.63) is 0 Å². The first-order valence-corrected chi connectivity index (χ1v) is 6.75. The van der Waals surface area contributed by atoms with Crippen LogP contribution in [0, 0.1) is 5.41 Å². The van der Waals surface area contributed by atoms with Gasteiger partial charge in [-0.25, -0.2) is 13.1 Å². The first kappa shape index (κ1) is 13.4. The average Bonchev–Trinajstić information content (AvgIpc) is 2.11. The Morgan fingerprint density at radius 1 is 1.50 bits per heavy atom. The molecule has 0 amide bonds. The van der Waals surface area contributed by atoms with E-state index in [1.54, 1.807) is 0 Å². The fourth-order valence-electron chi connectivity index (χ4n) is 1.32. The van der Waals surface area contributed by atoms with E-state index in [1.807, 2.05) is 6.92 Å². The number of nitrogens with one attached hydrogen (secondary N) is 1. The molecule has 1 saturated heterocycles. The van der Waals surface area contributed by atoms with E-state index in [0.717, 1.165) is 0 Å². The van der Waals surface area contributed by atoms with Crippen molar-refractivity contribution in [3.8, 4) is 0 Å². The highest BCUT2D eigenvalue weighted by molar-refractivity contribution is 7.89. The van der Waals surface area contributed by atoms with Crippen molar-refractivity contribution in [1.82, 2.24) is 4.72 Å². The van der Waals surface area contributed by atoms with Gasteiger partial charge in [0.2, 0.25) is 10.0 Å². The van der Waals surface area contributed by atoms with E-state index in [2.05, 4.69) is 4.72 Å². The molecule has 0 aromatic rings. The van der Waals surface area contributed by atoms with Crippen LogP contribution in [0.3, 0.4) is 0 Å². The minimum atomic E-state index is -3.36. The number of carbonyl (C=O) groups is 1. The maximum Gasteiger partial charge on any atom is 0.303 e. The molecule has 7 heteroatoms. The fraction of sp³-hybridized carbons (Fsp3) is 0.889. The molecular formula is C9H17NO5S. The largest absolute Gasteiger partial charge is 0.481 e. The summed E-state index contributed by atoms with van der Waals surface area (Å²) in [5.41, 5.74) is -0.111. The van der Waals surface area contributed by atoms with Gasteiger partial charge in [-0.2, -0.15) is 0 Å². The minimum Gasteiger partial charge on any atom is -0.481 e. The van der Waals surface area contributed by atoms with E-state index in [1.165, 1.54) is 0 Å². The lowest BCUT2D eigenvalue weighted by molar-refractivity contribution is -0.137. The summed E-state index contributed by atoms with van der Waals surface area (Å²) in [4.78, 5) is 10.2. The molecule has 1 aliphatic rings. The Hall–Kier alpha value is -0.660. The molecule has 1 aliphatic heterocycles. The van der Waals surface area contributed by atoms with Crippen molar-refractivity contribution in [2.45, 2.75) is 19.8 Å². The van der Waals surface area contributed by atoms with E-state index < -0.39 is 16.0 Å². The number of ether oxygens (including phenoxy) is 1. The Morgan fingerprint density at radius 2 is 2.12 bits per heavy atom. The van der Waals surface area contributed by atoms with Crippen LogP contribution < -0.4 is 4.72 Å². The number of hydrogen-bond donors (Lipinski definition) is 2. The van der Waals surface area contributed by atoms with Gasteiger partial charge < -0.3 is 9.84 Å². The summed E-state index contributed by atoms with van der Waals surface area (Å²) < 4.78 is 30.4. The van der Waals surface area contributed by atoms with E-state index in [-0.39, 0.29) is 24.0 Å². The highest BCUT2D eigenvalue weighted by atomic mass is 32.2. The summed E-state index contributed by atoms with van der Waals surface area (Å²) in [6.45, 7) is 3.41. The zero-order valence-electron chi connectivity index (χ0n) is 9.23. The van der Waals surface area contributed by atoms with Crippen LogP contribution in [0.25, 0.3) is 0 Å². The molecule has 6 nitrogen and oxygen atoms in total. The van der Waals surface area contributed by atoms with Gasteiger partial charge in [-0.3, -0.25) is 4.79 Å². The van der Waals surface area contributed by atoms with Gasteiger partial charge in [0.05, 0.1) is 19.0 Å². The van der Waals surface area contributed by atoms with Gasteiger partial charge >= 0.3 is 5.97 Å². The van der Waals surface area contributed by atoms with Crippen LogP contribution in [0.4, 0.5) is 0 Å². The summed E-state index contributed by atoms with van der Waals surface area (Å²) in [6.07, 6.45) is 0.0131. The molecule has 1 rings (SSSR count). The molecule has 1 fully saturated rings. The Labute approximate surface area is 95.0 Å². The maximum absolute atomic E-state index is 11.5. The van der Waals surface area contributed by atoms with Crippen LogP contribution in [-0.2, 0) is 19.6 Å². The van der Waals surface area contributed by atoms with Crippen LogP contribution in [0.5, 0.6) is 0 Å². The number of carboxylic acids is 1. The SMILES string of the molecule is CC1(CNS(=O)(=O)CCCC(=O)O)COC1. The molecule has 0 aromatic carbocycles. The number of carboxylic acid groups (broad SMARTS) is 1. The van der Waals surface area contributed by atoms with Gasteiger partial charge in [0.1, 0.15) is 0 Å². The summed E-state index contributed by atoms with van der Waals surface area (Å²) in [5.74, 6) is -1.12. The molecule has 1 heterocycles. The summed E-state index contributed by atoms with van der Waals surface area (Å²) >= 11 is 0.